The fraction of sp³-hybridized carbons (Fsp3) is 0.600. The summed E-state index contributed by atoms with van der Waals surface area (Å²) in [6, 6.07) is 0.216. The Kier molecular flexibility index (Phi) is 6.59. The van der Waals surface area contributed by atoms with Crippen LogP contribution in [0.5, 0.6) is 0 Å². The molecule has 0 spiro atoms. The first-order valence-corrected chi connectivity index (χ1v) is 3.98. The van der Waals surface area contributed by atoms with Crippen LogP contribution < -0.4 is 5.32 Å². The molecule has 1 unspecified atom stereocenters. The number of nitrogens with one attached hydrogen (secondary N) is 1. The average molecular weight is 149 g/mol. The molecule has 0 aliphatic carbocycles. The third-order valence-corrected chi connectivity index (χ3v) is 1.50. The lowest BCUT2D eigenvalue weighted by molar-refractivity contribution is 0.579. The molecule has 0 bridgehead atoms. The minimum absolute atomic E-state index is 0.216. The predicted molar refractivity (Wildman–Crippen MR) is 49.0 cm³/mol. The molecular weight excluding hydrogens is 134 g/mol. The van der Waals surface area contributed by atoms with E-state index < -0.39 is 0 Å². The largest absolute Gasteiger partial charge is 0.304 e. The molecule has 60 valence electrons. The summed E-state index contributed by atoms with van der Waals surface area (Å²) in [5.41, 5.74) is 0. The molecular formula is C10H15N. The molecule has 0 aliphatic rings. The van der Waals surface area contributed by atoms with Crippen molar-refractivity contribution < 1.29 is 0 Å². The first kappa shape index (κ1) is 10.1. The van der Waals surface area contributed by atoms with Gasteiger partial charge in [0.05, 0.1) is 6.04 Å². The quantitative estimate of drug-likeness (QED) is 0.460. The van der Waals surface area contributed by atoms with Crippen molar-refractivity contribution in [2.24, 2.45) is 0 Å². The predicted octanol–water partition coefficient (Wildman–Crippen LogP) is 1.40. The summed E-state index contributed by atoms with van der Waals surface area (Å²) in [6.07, 6.45) is 13.2. The molecule has 0 aromatic heterocycles. The van der Waals surface area contributed by atoms with E-state index in [1.54, 1.807) is 0 Å². The molecule has 0 fully saturated rings. The van der Waals surface area contributed by atoms with E-state index in [1.165, 1.54) is 0 Å². The van der Waals surface area contributed by atoms with Crippen LogP contribution in [0.1, 0.15) is 26.2 Å². The van der Waals surface area contributed by atoms with Crippen LogP contribution >= 0.6 is 0 Å². The molecule has 0 aromatic rings. The number of unbranched alkanes of at least 4 members (excludes halogenated alkanes) is 1. The summed E-state index contributed by atoms with van der Waals surface area (Å²) in [7, 11) is 0. The summed E-state index contributed by atoms with van der Waals surface area (Å²) < 4.78 is 0. The second-order valence-electron chi connectivity index (χ2n) is 2.39. The third kappa shape index (κ3) is 5.52. The van der Waals surface area contributed by atoms with E-state index in [2.05, 4.69) is 24.1 Å². The molecule has 1 heteroatoms. The molecule has 1 nitrogen and oxygen atoms in total. The van der Waals surface area contributed by atoms with Gasteiger partial charge in [-0.3, -0.25) is 0 Å². The number of terminal acetylenes is 2. The van der Waals surface area contributed by atoms with Crippen molar-refractivity contribution in [3.8, 4) is 24.7 Å². The van der Waals surface area contributed by atoms with E-state index in [1.807, 2.05) is 0 Å². The van der Waals surface area contributed by atoms with E-state index >= 15 is 0 Å². The molecule has 0 amide bonds. The van der Waals surface area contributed by atoms with E-state index in [9.17, 15) is 0 Å². The van der Waals surface area contributed by atoms with Crippen LogP contribution in [0.2, 0.25) is 0 Å². The van der Waals surface area contributed by atoms with Gasteiger partial charge in [0, 0.05) is 6.42 Å². The molecule has 1 atom stereocenters. The van der Waals surface area contributed by atoms with E-state index in [0.717, 1.165) is 25.8 Å². The lowest BCUT2D eigenvalue weighted by Gasteiger charge is -2.08. The molecule has 0 heterocycles. The molecule has 0 rings (SSSR count). The zero-order valence-electron chi connectivity index (χ0n) is 7.06. The molecule has 0 aromatic carbocycles. The van der Waals surface area contributed by atoms with Crippen LogP contribution in [0.3, 0.4) is 0 Å². The summed E-state index contributed by atoms with van der Waals surface area (Å²) in [4.78, 5) is 0. The molecule has 0 aliphatic heterocycles. The van der Waals surface area contributed by atoms with Gasteiger partial charge < -0.3 is 5.32 Å². The second-order valence-corrected chi connectivity index (χ2v) is 2.39. The van der Waals surface area contributed by atoms with E-state index in [0.29, 0.717) is 0 Å². The van der Waals surface area contributed by atoms with Crippen molar-refractivity contribution in [2.75, 3.05) is 6.54 Å². The number of hydrogen-bond acceptors (Lipinski definition) is 1. The van der Waals surface area contributed by atoms with Crippen molar-refractivity contribution in [3.05, 3.63) is 0 Å². The summed E-state index contributed by atoms with van der Waals surface area (Å²) in [5.74, 6) is 5.25. The average Bonchev–Trinajstić information content (AvgIpc) is 2.05. The van der Waals surface area contributed by atoms with Crippen molar-refractivity contribution >= 4 is 0 Å². The topological polar surface area (TPSA) is 12.0 Å². The molecule has 1 N–H and O–H groups in total. The molecule has 0 saturated carbocycles. The molecule has 0 radical (unpaired) electrons. The Hall–Kier alpha value is -0.920. The van der Waals surface area contributed by atoms with Crippen molar-refractivity contribution in [1.29, 1.82) is 0 Å². The normalized spacial score (nSPS) is 11.5. The fourth-order valence-corrected chi connectivity index (χ4v) is 0.788. The van der Waals surface area contributed by atoms with Crippen molar-refractivity contribution in [1.82, 2.24) is 5.32 Å². The van der Waals surface area contributed by atoms with Gasteiger partial charge in [0.25, 0.3) is 0 Å². The summed E-state index contributed by atoms with van der Waals surface area (Å²) in [5, 5.41) is 3.22. The Morgan fingerprint density at radius 2 is 2.18 bits per heavy atom. The third-order valence-electron chi connectivity index (χ3n) is 1.50. The minimum Gasteiger partial charge on any atom is -0.304 e. The monoisotopic (exact) mass is 149 g/mol. The Labute approximate surface area is 69.6 Å². The Morgan fingerprint density at radius 1 is 1.45 bits per heavy atom. The maximum atomic E-state index is 5.25. The molecule has 0 saturated heterocycles. The lowest BCUT2D eigenvalue weighted by atomic mass is 10.2. The smallest absolute Gasteiger partial charge is 0.0684 e. The van der Waals surface area contributed by atoms with Gasteiger partial charge in [-0.05, 0) is 19.4 Å². The van der Waals surface area contributed by atoms with Crippen LogP contribution in [0.4, 0.5) is 0 Å². The standard InChI is InChI=1S/C10H15N/c1-4-7-8-9-11-10(5-2)6-3/h1-2,10-11H,6-9H2,3H3. The Balaban J connectivity index is 3.25. The van der Waals surface area contributed by atoms with E-state index in [4.69, 9.17) is 12.8 Å². The maximum absolute atomic E-state index is 5.25. The van der Waals surface area contributed by atoms with Crippen LogP contribution in [0, 0.1) is 24.7 Å². The van der Waals surface area contributed by atoms with E-state index in [-0.39, 0.29) is 6.04 Å². The SMILES string of the molecule is C#CCCCNC(C#C)CC. The number of rotatable bonds is 5. The maximum Gasteiger partial charge on any atom is 0.0684 e. The summed E-state index contributed by atoms with van der Waals surface area (Å²) in [6.45, 7) is 2.99. The zero-order chi connectivity index (χ0) is 8.53. The van der Waals surface area contributed by atoms with Gasteiger partial charge in [-0.2, -0.15) is 0 Å². The molecule has 11 heavy (non-hydrogen) atoms. The van der Waals surface area contributed by atoms with Crippen LogP contribution in [-0.2, 0) is 0 Å². The van der Waals surface area contributed by atoms with Crippen LogP contribution in [-0.4, -0.2) is 12.6 Å². The van der Waals surface area contributed by atoms with Gasteiger partial charge in [-0.15, -0.1) is 18.8 Å². The summed E-state index contributed by atoms with van der Waals surface area (Å²) >= 11 is 0. The van der Waals surface area contributed by atoms with Crippen molar-refractivity contribution in [2.45, 2.75) is 32.2 Å². The highest BCUT2D eigenvalue weighted by atomic mass is 14.9. The first-order valence-electron chi connectivity index (χ1n) is 3.98. The van der Waals surface area contributed by atoms with Gasteiger partial charge in [-0.25, -0.2) is 0 Å². The van der Waals surface area contributed by atoms with Crippen molar-refractivity contribution in [3.63, 3.8) is 0 Å². The first-order chi connectivity index (χ1) is 5.35. The second kappa shape index (κ2) is 7.19. The highest BCUT2D eigenvalue weighted by Gasteiger charge is 1.97. The van der Waals surface area contributed by atoms with Gasteiger partial charge >= 0.3 is 0 Å². The van der Waals surface area contributed by atoms with Gasteiger partial charge in [0.1, 0.15) is 0 Å². The van der Waals surface area contributed by atoms with Gasteiger partial charge in [-0.1, -0.05) is 12.8 Å². The minimum atomic E-state index is 0.216. The van der Waals surface area contributed by atoms with Crippen LogP contribution in [0.25, 0.3) is 0 Å². The Morgan fingerprint density at radius 3 is 2.64 bits per heavy atom. The fourth-order valence-electron chi connectivity index (χ4n) is 0.788. The Bertz CT molecular complexity index is 159. The highest BCUT2D eigenvalue weighted by molar-refractivity contribution is 4.97. The van der Waals surface area contributed by atoms with Gasteiger partial charge in [0.15, 0.2) is 0 Å². The van der Waals surface area contributed by atoms with Gasteiger partial charge in [0.2, 0.25) is 0 Å². The zero-order valence-corrected chi connectivity index (χ0v) is 7.06. The van der Waals surface area contributed by atoms with Crippen LogP contribution in [0.15, 0.2) is 0 Å². The number of hydrogen-bond donors (Lipinski definition) is 1. The lowest BCUT2D eigenvalue weighted by Crippen LogP contribution is -2.27. The highest BCUT2D eigenvalue weighted by Crippen LogP contribution is 1.89.